The first kappa shape index (κ1) is 22.2. The molecule has 168 valence electrons. The number of nitro groups is 1. The standard InChI is InChI=1S/C23H21N5O4S/c1-16-25-23(28(29)30)15-27(16)14-17-6-8-18(9-7-17)21-4-2-3-5-22(21)26-19-10-12-20(13-11-19)33(24,31)32/h2-13,15,26H,14H2,1H3,(H2,24,31,32). The Morgan fingerprint density at radius 3 is 2.30 bits per heavy atom. The van der Waals surface area contributed by atoms with E-state index in [1.165, 1.54) is 18.3 Å². The number of nitrogens with zero attached hydrogens (tertiary/aromatic N) is 3. The van der Waals surface area contributed by atoms with Crippen LogP contribution in [0.5, 0.6) is 0 Å². The lowest BCUT2D eigenvalue weighted by molar-refractivity contribution is -0.389. The molecular weight excluding hydrogens is 442 g/mol. The van der Waals surface area contributed by atoms with Crippen LogP contribution in [-0.4, -0.2) is 22.9 Å². The van der Waals surface area contributed by atoms with E-state index in [0.717, 1.165) is 28.1 Å². The van der Waals surface area contributed by atoms with E-state index in [9.17, 15) is 18.5 Å². The van der Waals surface area contributed by atoms with Crippen LogP contribution >= 0.6 is 0 Å². The highest BCUT2D eigenvalue weighted by molar-refractivity contribution is 7.89. The van der Waals surface area contributed by atoms with Gasteiger partial charge in [0, 0.05) is 23.9 Å². The van der Waals surface area contributed by atoms with Gasteiger partial charge in [-0.05, 0) is 51.4 Å². The molecule has 9 nitrogen and oxygen atoms in total. The maximum absolute atomic E-state index is 11.5. The number of aryl methyl sites for hydroxylation is 1. The number of benzene rings is 3. The van der Waals surface area contributed by atoms with Gasteiger partial charge in [-0.25, -0.2) is 13.6 Å². The summed E-state index contributed by atoms with van der Waals surface area (Å²) in [6.45, 7) is 2.21. The van der Waals surface area contributed by atoms with Crippen LogP contribution in [0.3, 0.4) is 0 Å². The number of rotatable bonds is 7. The molecule has 1 aromatic heterocycles. The molecule has 0 amide bonds. The molecule has 3 N–H and O–H groups in total. The Bertz CT molecular complexity index is 1410. The van der Waals surface area contributed by atoms with Gasteiger partial charge < -0.3 is 20.0 Å². The van der Waals surface area contributed by atoms with Crippen molar-refractivity contribution in [2.24, 2.45) is 5.14 Å². The summed E-state index contributed by atoms with van der Waals surface area (Å²) >= 11 is 0. The lowest BCUT2D eigenvalue weighted by atomic mass is 10.0. The first-order valence-corrected chi connectivity index (χ1v) is 11.5. The summed E-state index contributed by atoms with van der Waals surface area (Å²) in [6, 6.07) is 21.9. The fourth-order valence-electron chi connectivity index (χ4n) is 3.45. The lowest BCUT2D eigenvalue weighted by Gasteiger charge is -2.13. The second-order valence-electron chi connectivity index (χ2n) is 7.47. The van der Waals surface area contributed by atoms with Gasteiger partial charge in [-0.1, -0.05) is 42.5 Å². The minimum Gasteiger partial charge on any atom is -0.358 e. The fourth-order valence-corrected chi connectivity index (χ4v) is 3.97. The van der Waals surface area contributed by atoms with E-state index in [1.807, 2.05) is 48.5 Å². The zero-order valence-electron chi connectivity index (χ0n) is 17.7. The van der Waals surface area contributed by atoms with Gasteiger partial charge in [-0.3, -0.25) is 0 Å². The Kier molecular flexibility index (Phi) is 5.95. The Morgan fingerprint density at radius 1 is 1.03 bits per heavy atom. The molecule has 0 saturated heterocycles. The maximum Gasteiger partial charge on any atom is 0.381 e. The second kappa shape index (κ2) is 8.85. The van der Waals surface area contributed by atoms with Crippen molar-refractivity contribution in [2.45, 2.75) is 18.4 Å². The van der Waals surface area contributed by atoms with Gasteiger partial charge in [0.1, 0.15) is 6.20 Å². The number of nitrogens with one attached hydrogen (secondary N) is 1. The molecule has 0 aliphatic heterocycles. The van der Waals surface area contributed by atoms with Crippen LogP contribution in [0.2, 0.25) is 0 Å². The van der Waals surface area contributed by atoms with E-state index >= 15 is 0 Å². The van der Waals surface area contributed by atoms with Crippen molar-refractivity contribution in [3.05, 3.63) is 100 Å². The summed E-state index contributed by atoms with van der Waals surface area (Å²) < 4.78 is 24.7. The average molecular weight is 464 g/mol. The summed E-state index contributed by atoms with van der Waals surface area (Å²) in [5.74, 6) is 0.412. The van der Waals surface area contributed by atoms with Crippen LogP contribution in [0.25, 0.3) is 11.1 Å². The van der Waals surface area contributed by atoms with Crippen LogP contribution in [0.4, 0.5) is 17.2 Å². The lowest BCUT2D eigenvalue weighted by Crippen LogP contribution is -2.11. The summed E-state index contributed by atoms with van der Waals surface area (Å²) in [6.07, 6.45) is 1.43. The van der Waals surface area contributed by atoms with Crippen molar-refractivity contribution >= 4 is 27.2 Å². The highest BCUT2D eigenvalue weighted by Crippen LogP contribution is 2.31. The van der Waals surface area contributed by atoms with Crippen molar-refractivity contribution in [2.75, 3.05) is 5.32 Å². The van der Waals surface area contributed by atoms with Gasteiger partial charge in [-0.15, -0.1) is 0 Å². The minimum atomic E-state index is -3.74. The van der Waals surface area contributed by atoms with Crippen molar-refractivity contribution in [1.82, 2.24) is 9.55 Å². The molecule has 0 aliphatic rings. The number of hydrogen-bond donors (Lipinski definition) is 2. The van der Waals surface area contributed by atoms with E-state index in [4.69, 9.17) is 5.14 Å². The predicted molar refractivity (Wildman–Crippen MR) is 126 cm³/mol. The highest BCUT2D eigenvalue weighted by Gasteiger charge is 2.15. The topological polar surface area (TPSA) is 133 Å². The number of sulfonamides is 1. The third-order valence-electron chi connectivity index (χ3n) is 5.16. The van der Waals surface area contributed by atoms with Crippen molar-refractivity contribution in [3.8, 4) is 11.1 Å². The molecule has 10 heteroatoms. The van der Waals surface area contributed by atoms with Crippen molar-refractivity contribution in [3.63, 3.8) is 0 Å². The molecule has 0 radical (unpaired) electrons. The molecule has 0 spiro atoms. The number of anilines is 2. The molecule has 4 rings (SSSR count). The monoisotopic (exact) mass is 463 g/mol. The first-order valence-electron chi connectivity index (χ1n) is 9.97. The zero-order chi connectivity index (χ0) is 23.6. The molecular formula is C23H21N5O4S. The number of hydrogen-bond acceptors (Lipinski definition) is 6. The largest absolute Gasteiger partial charge is 0.381 e. The van der Waals surface area contributed by atoms with Gasteiger partial charge in [0.15, 0.2) is 0 Å². The van der Waals surface area contributed by atoms with Gasteiger partial charge in [-0.2, -0.15) is 0 Å². The molecule has 4 aromatic rings. The second-order valence-corrected chi connectivity index (χ2v) is 9.03. The molecule has 0 atom stereocenters. The highest BCUT2D eigenvalue weighted by atomic mass is 32.2. The van der Waals surface area contributed by atoms with Crippen molar-refractivity contribution < 1.29 is 13.3 Å². The normalized spacial score (nSPS) is 11.3. The summed E-state index contributed by atoms with van der Waals surface area (Å²) in [7, 11) is -3.74. The fraction of sp³-hybridized carbons (Fsp3) is 0.0870. The van der Waals surface area contributed by atoms with E-state index in [-0.39, 0.29) is 10.7 Å². The van der Waals surface area contributed by atoms with E-state index in [0.29, 0.717) is 12.4 Å². The smallest absolute Gasteiger partial charge is 0.358 e. The Morgan fingerprint density at radius 2 is 1.70 bits per heavy atom. The third-order valence-corrected chi connectivity index (χ3v) is 6.09. The van der Waals surface area contributed by atoms with Crippen LogP contribution in [-0.2, 0) is 16.6 Å². The minimum absolute atomic E-state index is 0.0513. The van der Waals surface area contributed by atoms with Crippen LogP contribution in [0.1, 0.15) is 11.4 Å². The quantitative estimate of drug-likeness (QED) is 0.312. The maximum atomic E-state index is 11.5. The SMILES string of the molecule is Cc1nc([N+](=O)[O-])cn1Cc1ccc(-c2ccccc2Nc2ccc(S(N)(=O)=O)cc2)cc1. The molecule has 0 aliphatic carbocycles. The zero-order valence-corrected chi connectivity index (χ0v) is 18.5. The van der Waals surface area contributed by atoms with Gasteiger partial charge >= 0.3 is 5.82 Å². The van der Waals surface area contributed by atoms with E-state index in [1.54, 1.807) is 23.6 Å². The van der Waals surface area contributed by atoms with E-state index < -0.39 is 14.9 Å². The molecule has 3 aromatic carbocycles. The van der Waals surface area contributed by atoms with E-state index in [2.05, 4.69) is 10.3 Å². The number of imidazole rings is 1. The Balaban J connectivity index is 1.55. The van der Waals surface area contributed by atoms with Crippen LogP contribution in [0, 0.1) is 17.0 Å². The van der Waals surface area contributed by atoms with Gasteiger partial charge in [0.05, 0.1) is 11.4 Å². The van der Waals surface area contributed by atoms with Crippen LogP contribution in [0.15, 0.2) is 83.9 Å². The van der Waals surface area contributed by atoms with Gasteiger partial charge in [0.25, 0.3) is 0 Å². The number of nitrogens with two attached hydrogens (primary N) is 1. The molecule has 0 bridgehead atoms. The Hall–Kier alpha value is -4.02. The number of aromatic nitrogens is 2. The average Bonchev–Trinajstić information content (AvgIpc) is 3.15. The number of para-hydroxylation sites is 1. The predicted octanol–water partition coefficient (Wildman–Crippen LogP) is 4.21. The van der Waals surface area contributed by atoms with Crippen molar-refractivity contribution in [1.29, 1.82) is 0 Å². The Labute approximate surface area is 190 Å². The summed E-state index contributed by atoms with van der Waals surface area (Å²) in [5.41, 5.74) is 4.52. The number of primary sulfonamides is 1. The molecule has 0 unspecified atom stereocenters. The summed E-state index contributed by atoms with van der Waals surface area (Å²) in [4.78, 5) is 14.4. The molecule has 0 saturated carbocycles. The molecule has 1 heterocycles. The van der Waals surface area contributed by atoms with Gasteiger partial charge in [0.2, 0.25) is 15.8 Å². The first-order chi connectivity index (χ1) is 15.7. The molecule has 33 heavy (non-hydrogen) atoms. The third kappa shape index (κ3) is 5.08. The summed E-state index contributed by atoms with van der Waals surface area (Å²) in [5, 5.41) is 19.4. The van der Waals surface area contributed by atoms with Crippen LogP contribution < -0.4 is 10.5 Å². The molecule has 0 fully saturated rings.